The van der Waals surface area contributed by atoms with E-state index in [-0.39, 0.29) is 12.1 Å². The summed E-state index contributed by atoms with van der Waals surface area (Å²) in [5, 5.41) is 4.33. The number of hydrogen-bond acceptors (Lipinski definition) is 4. The molecule has 30 heavy (non-hydrogen) atoms. The number of nitrogens with zero attached hydrogens (tertiary/aromatic N) is 5. The number of hydrogen-bond donors (Lipinski definition) is 1. The molecule has 0 spiro atoms. The van der Waals surface area contributed by atoms with Crippen molar-refractivity contribution in [1.29, 1.82) is 0 Å². The van der Waals surface area contributed by atoms with Crippen LogP contribution in [0.1, 0.15) is 35.6 Å². The molecular weight excluding hydrogens is 392 g/mol. The summed E-state index contributed by atoms with van der Waals surface area (Å²) >= 11 is 5.77. The SMILES string of the molecule is CN(C)CCCN1C(=S)N[C@@H](c2ccccn2)[C@@H]1c1cccn1Cc1ccccn1. The molecule has 4 heterocycles. The molecule has 156 valence electrons. The van der Waals surface area contributed by atoms with Gasteiger partial charge in [0.1, 0.15) is 0 Å². The predicted octanol–water partition coefficient (Wildman–Crippen LogP) is 3.25. The first-order valence-electron chi connectivity index (χ1n) is 10.3. The first-order chi connectivity index (χ1) is 14.6. The van der Waals surface area contributed by atoms with Crippen molar-refractivity contribution in [3.8, 4) is 0 Å². The van der Waals surface area contributed by atoms with Gasteiger partial charge in [-0.15, -0.1) is 0 Å². The van der Waals surface area contributed by atoms with E-state index in [1.807, 2.05) is 36.7 Å². The molecule has 0 radical (unpaired) electrons. The summed E-state index contributed by atoms with van der Waals surface area (Å²) in [6.45, 7) is 2.65. The average molecular weight is 421 g/mol. The lowest BCUT2D eigenvalue weighted by Crippen LogP contribution is -2.33. The zero-order valence-corrected chi connectivity index (χ0v) is 18.3. The van der Waals surface area contributed by atoms with Crippen LogP contribution in [-0.2, 0) is 6.54 Å². The molecule has 3 aromatic heterocycles. The minimum atomic E-state index is 0.00967. The molecule has 0 aliphatic carbocycles. The first-order valence-corrected chi connectivity index (χ1v) is 10.7. The summed E-state index contributed by atoms with van der Waals surface area (Å²) in [7, 11) is 4.21. The maximum Gasteiger partial charge on any atom is 0.170 e. The number of aromatic nitrogens is 3. The van der Waals surface area contributed by atoms with E-state index in [9.17, 15) is 0 Å². The minimum absolute atomic E-state index is 0.00967. The second kappa shape index (κ2) is 9.36. The molecule has 1 aliphatic rings. The first kappa shape index (κ1) is 20.5. The van der Waals surface area contributed by atoms with Gasteiger partial charge < -0.3 is 19.7 Å². The summed E-state index contributed by atoms with van der Waals surface area (Å²) in [5.41, 5.74) is 3.26. The lowest BCUT2D eigenvalue weighted by molar-refractivity contribution is 0.283. The molecule has 1 saturated heterocycles. The molecule has 2 atom stereocenters. The minimum Gasteiger partial charge on any atom is -0.352 e. The molecule has 0 amide bonds. The summed E-state index contributed by atoms with van der Waals surface area (Å²) < 4.78 is 2.28. The zero-order chi connectivity index (χ0) is 20.9. The van der Waals surface area contributed by atoms with Gasteiger partial charge in [0.15, 0.2) is 5.11 Å². The Labute approximate surface area is 183 Å². The van der Waals surface area contributed by atoms with Crippen LogP contribution >= 0.6 is 12.2 Å². The largest absolute Gasteiger partial charge is 0.352 e. The second-order valence-electron chi connectivity index (χ2n) is 7.86. The highest BCUT2D eigenvalue weighted by atomic mass is 32.1. The standard InChI is InChI=1S/C23H28N6S/c1-27(2)14-8-16-29-22(21(26-23(29)30)19-10-4-6-13-25-19)20-11-7-15-28(20)17-18-9-3-5-12-24-18/h3-7,9-13,15,21-22H,8,14,16-17H2,1-2H3,(H,26,30)/t21-,22-/m0/s1. The highest BCUT2D eigenvalue weighted by molar-refractivity contribution is 7.80. The molecule has 1 aliphatic heterocycles. The molecule has 7 heteroatoms. The topological polar surface area (TPSA) is 49.2 Å². The molecule has 0 unspecified atom stereocenters. The highest BCUT2D eigenvalue weighted by Crippen LogP contribution is 2.38. The van der Waals surface area contributed by atoms with Crippen LogP contribution in [0.2, 0.25) is 0 Å². The smallest absolute Gasteiger partial charge is 0.170 e. The van der Waals surface area contributed by atoms with Crippen molar-refractivity contribution in [2.24, 2.45) is 0 Å². The van der Waals surface area contributed by atoms with E-state index in [0.29, 0.717) is 0 Å². The molecule has 0 saturated carbocycles. The Morgan fingerprint density at radius 1 is 1.03 bits per heavy atom. The fourth-order valence-electron chi connectivity index (χ4n) is 4.03. The Morgan fingerprint density at radius 3 is 2.53 bits per heavy atom. The lowest BCUT2D eigenvalue weighted by Gasteiger charge is -2.29. The maximum absolute atomic E-state index is 5.77. The molecule has 1 fully saturated rings. The van der Waals surface area contributed by atoms with Gasteiger partial charge in [0.05, 0.1) is 30.0 Å². The van der Waals surface area contributed by atoms with Gasteiger partial charge in [-0.2, -0.15) is 0 Å². The lowest BCUT2D eigenvalue weighted by atomic mass is 10.0. The summed E-state index contributed by atoms with van der Waals surface area (Å²) in [5.74, 6) is 0. The Bertz CT molecular complexity index is 956. The molecule has 0 aromatic carbocycles. The van der Waals surface area contributed by atoms with Gasteiger partial charge in [-0.25, -0.2) is 0 Å². The van der Waals surface area contributed by atoms with Crippen molar-refractivity contribution < 1.29 is 0 Å². The Balaban J connectivity index is 1.66. The van der Waals surface area contributed by atoms with Crippen molar-refractivity contribution in [3.63, 3.8) is 0 Å². The third-order valence-electron chi connectivity index (χ3n) is 5.43. The van der Waals surface area contributed by atoms with Gasteiger partial charge in [0, 0.05) is 30.8 Å². The monoisotopic (exact) mass is 420 g/mol. The van der Waals surface area contributed by atoms with Crippen LogP contribution in [0.25, 0.3) is 0 Å². The van der Waals surface area contributed by atoms with Crippen LogP contribution in [-0.4, -0.2) is 56.6 Å². The van der Waals surface area contributed by atoms with E-state index in [4.69, 9.17) is 12.2 Å². The highest BCUT2D eigenvalue weighted by Gasteiger charge is 2.40. The molecule has 0 bridgehead atoms. The van der Waals surface area contributed by atoms with E-state index in [1.165, 1.54) is 5.69 Å². The van der Waals surface area contributed by atoms with E-state index >= 15 is 0 Å². The maximum atomic E-state index is 5.77. The van der Waals surface area contributed by atoms with Crippen LogP contribution in [0.15, 0.2) is 67.1 Å². The van der Waals surface area contributed by atoms with Crippen molar-refractivity contribution in [1.82, 2.24) is 29.7 Å². The predicted molar refractivity (Wildman–Crippen MR) is 123 cm³/mol. The molecule has 6 nitrogen and oxygen atoms in total. The van der Waals surface area contributed by atoms with Gasteiger partial charge >= 0.3 is 0 Å². The Morgan fingerprint density at radius 2 is 1.83 bits per heavy atom. The van der Waals surface area contributed by atoms with Gasteiger partial charge in [-0.05, 0) is 75.7 Å². The average Bonchev–Trinajstić information content (AvgIpc) is 3.33. The molecule has 4 rings (SSSR count). The fraction of sp³-hybridized carbons (Fsp3) is 0.348. The number of nitrogens with one attached hydrogen (secondary N) is 1. The summed E-state index contributed by atoms with van der Waals surface area (Å²) in [4.78, 5) is 13.7. The van der Waals surface area contributed by atoms with Crippen LogP contribution in [0.3, 0.4) is 0 Å². The third-order valence-corrected chi connectivity index (χ3v) is 5.78. The summed E-state index contributed by atoms with van der Waals surface area (Å²) in [6.07, 6.45) is 6.85. The molecule has 3 aromatic rings. The summed E-state index contributed by atoms with van der Waals surface area (Å²) in [6, 6.07) is 16.5. The van der Waals surface area contributed by atoms with Gasteiger partial charge in [0.2, 0.25) is 0 Å². The van der Waals surface area contributed by atoms with Crippen molar-refractivity contribution >= 4 is 17.3 Å². The quantitative estimate of drug-likeness (QED) is 0.565. The van der Waals surface area contributed by atoms with Crippen LogP contribution in [0.5, 0.6) is 0 Å². The zero-order valence-electron chi connectivity index (χ0n) is 17.5. The van der Waals surface area contributed by atoms with E-state index in [1.54, 1.807) is 0 Å². The molecule has 1 N–H and O–H groups in total. The van der Waals surface area contributed by atoms with E-state index in [2.05, 4.69) is 74.2 Å². The van der Waals surface area contributed by atoms with E-state index in [0.717, 1.165) is 42.6 Å². The normalized spacial score (nSPS) is 18.8. The number of thiocarbonyl (C=S) groups is 1. The van der Waals surface area contributed by atoms with Crippen LogP contribution < -0.4 is 5.32 Å². The number of rotatable bonds is 8. The third kappa shape index (κ3) is 4.52. The van der Waals surface area contributed by atoms with E-state index < -0.39 is 0 Å². The Kier molecular flexibility index (Phi) is 6.40. The van der Waals surface area contributed by atoms with Crippen molar-refractivity contribution in [2.45, 2.75) is 25.0 Å². The number of pyridine rings is 2. The fourth-order valence-corrected chi connectivity index (χ4v) is 4.36. The van der Waals surface area contributed by atoms with Crippen molar-refractivity contribution in [2.75, 3.05) is 27.2 Å². The van der Waals surface area contributed by atoms with Gasteiger partial charge in [-0.1, -0.05) is 12.1 Å². The van der Waals surface area contributed by atoms with Gasteiger partial charge in [0.25, 0.3) is 0 Å². The van der Waals surface area contributed by atoms with Crippen molar-refractivity contribution in [3.05, 3.63) is 84.2 Å². The van der Waals surface area contributed by atoms with Gasteiger partial charge in [-0.3, -0.25) is 9.97 Å². The Hall–Kier alpha value is -2.77. The van der Waals surface area contributed by atoms with Crippen LogP contribution in [0, 0.1) is 0 Å². The van der Waals surface area contributed by atoms with Crippen LogP contribution in [0.4, 0.5) is 0 Å². The molecular formula is C23H28N6S. The second-order valence-corrected chi connectivity index (χ2v) is 8.25.